The molecule has 2 heterocycles. The molecule has 0 aromatic carbocycles. The predicted octanol–water partition coefficient (Wildman–Crippen LogP) is 1.24. The van der Waals surface area contributed by atoms with Gasteiger partial charge in [0.25, 0.3) is 11.5 Å². The van der Waals surface area contributed by atoms with Crippen LogP contribution in [0.15, 0.2) is 23.3 Å². The summed E-state index contributed by atoms with van der Waals surface area (Å²) in [5.74, 6) is -3.14. The summed E-state index contributed by atoms with van der Waals surface area (Å²) in [5.41, 5.74) is 0.675. The molecular weight excluding hydrogens is 230 g/mol. The number of aliphatic hydroxyl groups excluding tert-OH is 1. The smallest absolute Gasteiger partial charge is 0.279 e. The van der Waals surface area contributed by atoms with Crippen LogP contribution < -0.4 is 5.56 Å². The van der Waals surface area contributed by atoms with Gasteiger partial charge in [-0.1, -0.05) is 0 Å². The SMILES string of the molecule is O=c1[nH]ccn2c3c(cc12)CCC(F)(F)C3O. The topological polar surface area (TPSA) is 57.5 Å². The van der Waals surface area contributed by atoms with Gasteiger partial charge in [-0.25, -0.2) is 8.78 Å². The van der Waals surface area contributed by atoms with E-state index in [1.165, 1.54) is 16.8 Å². The van der Waals surface area contributed by atoms with Crippen molar-refractivity contribution >= 4 is 5.52 Å². The molecule has 0 fully saturated rings. The molecule has 0 bridgehead atoms. The maximum Gasteiger partial charge on any atom is 0.279 e. The molecule has 0 amide bonds. The summed E-state index contributed by atoms with van der Waals surface area (Å²) < 4.78 is 28.2. The Labute approximate surface area is 94.5 Å². The first-order chi connectivity index (χ1) is 8.00. The largest absolute Gasteiger partial charge is 0.381 e. The summed E-state index contributed by atoms with van der Waals surface area (Å²) in [6.07, 6.45) is 0.765. The molecule has 17 heavy (non-hydrogen) atoms. The van der Waals surface area contributed by atoms with E-state index in [9.17, 15) is 18.7 Å². The molecule has 0 spiro atoms. The number of nitrogens with one attached hydrogen (secondary N) is 1. The molecule has 0 saturated carbocycles. The fraction of sp³-hybridized carbons (Fsp3) is 0.364. The molecule has 2 aromatic heterocycles. The fourth-order valence-corrected chi connectivity index (χ4v) is 2.34. The third kappa shape index (κ3) is 1.33. The number of aromatic nitrogens is 2. The molecule has 3 rings (SSSR count). The van der Waals surface area contributed by atoms with Gasteiger partial charge >= 0.3 is 0 Å². The van der Waals surface area contributed by atoms with Gasteiger partial charge in [0.05, 0.1) is 5.69 Å². The van der Waals surface area contributed by atoms with E-state index in [4.69, 9.17) is 0 Å². The maximum atomic E-state index is 13.4. The van der Waals surface area contributed by atoms with E-state index in [0.717, 1.165) is 0 Å². The van der Waals surface area contributed by atoms with Gasteiger partial charge in [0, 0.05) is 18.8 Å². The number of aromatic amines is 1. The summed E-state index contributed by atoms with van der Waals surface area (Å²) in [5, 5.41) is 9.68. The molecular formula is C11H10F2N2O2. The van der Waals surface area contributed by atoms with Crippen molar-refractivity contribution in [2.45, 2.75) is 24.9 Å². The number of aliphatic hydroxyl groups is 1. The van der Waals surface area contributed by atoms with Crippen molar-refractivity contribution in [3.63, 3.8) is 0 Å². The standard InChI is InChI=1S/C11H10F2N2O2/c12-11(13)2-1-6-5-7-10(17)14-3-4-15(7)8(6)9(11)16/h3-5,9,16H,1-2H2,(H,14,17). The number of rotatable bonds is 0. The molecule has 1 atom stereocenters. The summed E-state index contributed by atoms with van der Waals surface area (Å²) in [6, 6.07) is 1.56. The van der Waals surface area contributed by atoms with Crippen molar-refractivity contribution in [3.8, 4) is 0 Å². The van der Waals surface area contributed by atoms with Gasteiger partial charge in [-0.15, -0.1) is 0 Å². The summed E-state index contributed by atoms with van der Waals surface area (Å²) in [4.78, 5) is 14.0. The zero-order valence-corrected chi connectivity index (χ0v) is 8.78. The minimum absolute atomic E-state index is 0.127. The Bertz CT molecular complexity index is 644. The molecule has 1 aliphatic rings. The van der Waals surface area contributed by atoms with Gasteiger partial charge in [-0.2, -0.15) is 0 Å². The average molecular weight is 240 g/mol. The normalized spacial score (nSPS) is 22.6. The molecule has 0 radical (unpaired) electrons. The van der Waals surface area contributed by atoms with Gasteiger partial charge in [0.1, 0.15) is 5.52 Å². The van der Waals surface area contributed by atoms with Crippen LogP contribution in [0.4, 0.5) is 8.78 Å². The van der Waals surface area contributed by atoms with Crippen molar-refractivity contribution in [2.75, 3.05) is 0 Å². The van der Waals surface area contributed by atoms with E-state index < -0.39 is 18.4 Å². The molecule has 2 N–H and O–H groups in total. The van der Waals surface area contributed by atoms with Crippen LogP contribution in [0.25, 0.3) is 5.52 Å². The first kappa shape index (κ1) is 10.5. The van der Waals surface area contributed by atoms with Gasteiger partial charge in [0.15, 0.2) is 6.10 Å². The fourth-order valence-electron chi connectivity index (χ4n) is 2.34. The van der Waals surface area contributed by atoms with Crippen molar-refractivity contribution in [2.24, 2.45) is 0 Å². The number of halogens is 2. The van der Waals surface area contributed by atoms with Gasteiger partial charge in [-0.05, 0) is 18.1 Å². The lowest BCUT2D eigenvalue weighted by molar-refractivity contribution is -0.123. The van der Waals surface area contributed by atoms with Crippen LogP contribution in [0.5, 0.6) is 0 Å². The lowest BCUT2D eigenvalue weighted by Gasteiger charge is -2.28. The van der Waals surface area contributed by atoms with Crippen LogP contribution >= 0.6 is 0 Å². The van der Waals surface area contributed by atoms with E-state index in [2.05, 4.69) is 4.98 Å². The van der Waals surface area contributed by atoms with Crippen LogP contribution in [0, 0.1) is 0 Å². The number of nitrogens with zero attached hydrogens (tertiary/aromatic N) is 1. The lowest BCUT2D eigenvalue weighted by Crippen LogP contribution is -2.32. The first-order valence-electron chi connectivity index (χ1n) is 5.28. The van der Waals surface area contributed by atoms with Crippen LogP contribution in [0.2, 0.25) is 0 Å². The van der Waals surface area contributed by atoms with E-state index in [-0.39, 0.29) is 23.2 Å². The molecule has 90 valence electrons. The number of aryl methyl sites for hydroxylation is 1. The summed E-state index contributed by atoms with van der Waals surface area (Å²) >= 11 is 0. The highest BCUT2D eigenvalue weighted by Gasteiger charge is 2.45. The lowest BCUT2D eigenvalue weighted by atomic mass is 9.92. The second kappa shape index (κ2) is 3.16. The highest BCUT2D eigenvalue weighted by atomic mass is 19.3. The van der Waals surface area contributed by atoms with Crippen molar-refractivity contribution < 1.29 is 13.9 Å². The molecule has 2 aromatic rings. The minimum atomic E-state index is -3.14. The average Bonchev–Trinajstić information content (AvgIpc) is 2.65. The summed E-state index contributed by atoms with van der Waals surface area (Å²) in [6.45, 7) is 0. The van der Waals surface area contributed by atoms with Gasteiger partial charge in [0.2, 0.25) is 0 Å². The molecule has 1 aliphatic carbocycles. The Morgan fingerprint density at radius 3 is 3.06 bits per heavy atom. The third-order valence-electron chi connectivity index (χ3n) is 3.22. The predicted molar refractivity (Wildman–Crippen MR) is 56.2 cm³/mol. The molecule has 0 saturated heterocycles. The van der Waals surface area contributed by atoms with Crippen LogP contribution in [-0.4, -0.2) is 20.4 Å². The number of alkyl halides is 2. The Balaban J connectivity index is 2.35. The number of fused-ring (bicyclic) bond motifs is 3. The maximum absolute atomic E-state index is 13.4. The van der Waals surface area contributed by atoms with Crippen LogP contribution in [-0.2, 0) is 6.42 Å². The number of hydrogen-bond acceptors (Lipinski definition) is 2. The van der Waals surface area contributed by atoms with Crippen LogP contribution in [0.3, 0.4) is 0 Å². The quantitative estimate of drug-likeness (QED) is 0.728. The van der Waals surface area contributed by atoms with Gasteiger partial charge < -0.3 is 14.5 Å². The second-order valence-corrected chi connectivity index (χ2v) is 4.26. The molecule has 1 unspecified atom stereocenters. The van der Waals surface area contributed by atoms with E-state index >= 15 is 0 Å². The molecule has 0 aliphatic heterocycles. The molecule has 6 heteroatoms. The Kier molecular flexibility index (Phi) is 1.95. The Morgan fingerprint density at radius 2 is 2.29 bits per heavy atom. The molecule has 4 nitrogen and oxygen atoms in total. The van der Waals surface area contributed by atoms with E-state index in [1.807, 2.05) is 0 Å². The highest BCUT2D eigenvalue weighted by Crippen LogP contribution is 2.41. The first-order valence-corrected chi connectivity index (χ1v) is 5.28. The zero-order chi connectivity index (χ0) is 12.2. The zero-order valence-electron chi connectivity index (χ0n) is 8.78. The van der Waals surface area contributed by atoms with Crippen molar-refractivity contribution in [3.05, 3.63) is 40.1 Å². The summed E-state index contributed by atoms with van der Waals surface area (Å²) in [7, 11) is 0. The van der Waals surface area contributed by atoms with Crippen LogP contribution in [0.1, 0.15) is 23.8 Å². The minimum Gasteiger partial charge on any atom is -0.381 e. The monoisotopic (exact) mass is 240 g/mol. The number of H-pyrrole nitrogens is 1. The van der Waals surface area contributed by atoms with E-state index in [1.54, 1.807) is 6.07 Å². The highest BCUT2D eigenvalue weighted by molar-refractivity contribution is 5.53. The second-order valence-electron chi connectivity index (χ2n) is 4.26. The third-order valence-corrected chi connectivity index (χ3v) is 3.22. The van der Waals surface area contributed by atoms with Crippen molar-refractivity contribution in [1.82, 2.24) is 9.38 Å². The number of hydrogen-bond donors (Lipinski definition) is 2. The van der Waals surface area contributed by atoms with E-state index in [0.29, 0.717) is 5.56 Å². The Morgan fingerprint density at radius 1 is 1.53 bits per heavy atom. The van der Waals surface area contributed by atoms with Gasteiger partial charge in [-0.3, -0.25) is 4.79 Å². The van der Waals surface area contributed by atoms with Crippen molar-refractivity contribution in [1.29, 1.82) is 0 Å². The Hall–Kier alpha value is -1.69.